The van der Waals surface area contributed by atoms with Crippen molar-refractivity contribution < 1.29 is 4.74 Å². The molecule has 2 rings (SSSR count). The Kier molecular flexibility index (Phi) is 3.01. The van der Waals surface area contributed by atoms with Gasteiger partial charge in [-0.3, -0.25) is 4.68 Å². The maximum atomic E-state index is 5.41. The molecule has 1 aromatic heterocycles. The summed E-state index contributed by atoms with van der Waals surface area (Å²) in [5.41, 5.74) is 0. The van der Waals surface area contributed by atoms with E-state index in [0.717, 1.165) is 24.2 Å². The second-order valence-electron chi connectivity index (χ2n) is 3.46. The summed E-state index contributed by atoms with van der Waals surface area (Å²) in [6.07, 6.45) is 6.28. The Bertz CT molecular complexity index is 268. The molecule has 0 N–H and O–H groups in total. The van der Waals surface area contributed by atoms with Crippen LogP contribution >= 0.6 is 15.9 Å². The molecule has 1 aliphatic heterocycles. The lowest BCUT2D eigenvalue weighted by molar-refractivity contribution is 0.0470. The summed E-state index contributed by atoms with van der Waals surface area (Å²) in [6, 6.07) is 0. The number of hydrogen-bond acceptors (Lipinski definition) is 2. The fraction of sp³-hybridized carbons (Fsp3) is 0.667. The summed E-state index contributed by atoms with van der Waals surface area (Å²) >= 11 is 3.38. The summed E-state index contributed by atoms with van der Waals surface area (Å²) in [4.78, 5) is 0. The molecule has 0 radical (unpaired) electrons. The van der Waals surface area contributed by atoms with E-state index in [-0.39, 0.29) is 0 Å². The maximum absolute atomic E-state index is 5.41. The van der Waals surface area contributed by atoms with E-state index in [1.807, 2.05) is 17.1 Å². The zero-order valence-electron chi connectivity index (χ0n) is 7.45. The van der Waals surface area contributed by atoms with Gasteiger partial charge in [0.2, 0.25) is 0 Å². The van der Waals surface area contributed by atoms with Crippen molar-refractivity contribution in [3.63, 3.8) is 0 Å². The molecule has 0 spiro atoms. The van der Waals surface area contributed by atoms with Crippen LogP contribution in [0.15, 0.2) is 16.9 Å². The van der Waals surface area contributed by atoms with E-state index in [9.17, 15) is 0 Å². The van der Waals surface area contributed by atoms with Crippen molar-refractivity contribution >= 4 is 15.9 Å². The largest absolute Gasteiger partial charge is 0.381 e. The molecule has 72 valence electrons. The second-order valence-corrected chi connectivity index (χ2v) is 4.38. The molecular weight excluding hydrogens is 232 g/mol. The first-order valence-electron chi connectivity index (χ1n) is 4.60. The zero-order valence-corrected chi connectivity index (χ0v) is 9.03. The fourth-order valence-corrected chi connectivity index (χ4v) is 1.98. The van der Waals surface area contributed by atoms with Crippen LogP contribution in [0.2, 0.25) is 0 Å². The summed E-state index contributed by atoms with van der Waals surface area (Å²) in [5.74, 6) is 0.639. The Balaban J connectivity index is 1.89. The van der Waals surface area contributed by atoms with Gasteiger partial charge in [0, 0.05) is 25.3 Å². The van der Waals surface area contributed by atoms with Crippen molar-refractivity contribution in [2.75, 3.05) is 13.2 Å². The standard InChI is InChI=1S/C9H13BrN2O/c10-9-4-11-12(6-9)5-8-2-1-3-13-7-8/h4,6,8H,1-3,5,7H2/t8-/m0/s1. The van der Waals surface area contributed by atoms with Gasteiger partial charge in [-0.05, 0) is 28.8 Å². The van der Waals surface area contributed by atoms with Gasteiger partial charge in [0.05, 0.1) is 17.3 Å². The van der Waals surface area contributed by atoms with Crippen molar-refractivity contribution in [2.24, 2.45) is 5.92 Å². The van der Waals surface area contributed by atoms with Gasteiger partial charge in [0.1, 0.15) is 0 Å². The molecule has 1 aliphatic rings. The monoisotopic (exact) mass is 244 g/mol. The molecule has 0 saturated carbocycles. The highest BCUT2D eigenvalue weighted by Crippen LogP contribution is 2.16. The minimum atomic E-state index is 0.639. The molecule has 1 fully saturated rings. The molecule has 1 aromatic rings. The average Bonchev–Trinajstić information content (AvgIpc) is 2.53. The second kappa shape index (κ2) is 4.24. The predicted molar refractivity (Wildman–Crippen MR) is 53.5 cm³/mol. The molecule has 13 heavy (non-hydrogen) atoms. The van der Waals surface area contributed by atoms with Gasteiger partial charge in [0.15, 0.2) is 0 Å². The van der Waals surface area contributed by atoms with Gasteiger partial charge < -0.3 is 4.74 Å². The maximum Gasteiger partial charge on any atom is 0.0632 e. The minimum absolute atomic E-state index is 0.639. The summed E-state index contributed by atoms with van der Waals surface area (Å²) in [7, 11) is 0. The number of aromatic nitrogens is 2. The number of ether oxygens (including phenoxy) is 1. The van der Waals surface area contributed by atoms with E-state index in [0.29, 0.717) is 5.92 Å². The normalized spacial score (nSPS) is 23.3. The van der Waals surface area contributed by atoms with Crippen LogP contribution in [0.3, 0.4) is 0 Å². The average molecular weight is 245 g/mol. The molecule has 1 saturated heterocycles. The molecule has 4 heteroatoms. The van der Waals surface area contributed by atoms with Crippen molar-refractivity contribution in [3.8, 4) is 0 Å². The molecule has 0 aromatic carbocycles. The molecule has 0 aliphatic carbocycles. The van der Waals surface area contributed by atoms with Gasteiger partial charge in [-0.25, -0.2) is 0 Å². The van der Waals surface area contributed by atoms with E-state index < -0.39 is 0 Å². The van der Waals surface area contributed by atoms with Crippen LogP contribution in [-0.2, 0) is 11.3 Å². The highest BCUT2D eigenvalue weighted by molar-refractivity contribution is 9.10. The minimum Gasteiger partial charge on any atom is -0.381 e. The lowest BCUT2D eigenvalue weighted by Crippen LogP contribution is -2.22. The number of halogens is 1. The first-order valence-corrected chi connectivity index (χ1v) is 5.39. The molecule has 2 heterocycles. The predicted octanol–water partition coefficient (Wildman–Crippen LogP) is 2.07. The van der Waals surface area contributed by atoms with Crippen molar-refractivity contribution in [1.82, 2.24) is 9.78 Å². The van der Waals surface area contributed by atoms with E-state index in [1.54, 1.807) is 0 Å². The summed E-state index contributed by atoms with van der Waals surface area (Å²) < 4.78 is 8.43. The lowest BCUT2D eigenvalue weighted by Gasteiger charge is -2.21. The SMILES string of the molecule is Brc1cnn(C[C@@H]2CCCOC2)c1. The molecule has 0 unspecified atom stereocenters. The third-order valence-corrected chi connectivity index (χ3v) is 2.71. The Morgan fingerprint density at radius 1 is 1.69 bits per heavy atom. The van der Waals surface area contributed by atoms with E-state index >= 15 is 0 Å². The topological polar surface area (TPSA) is 27.1 Å². The lowest BCUT2D eigenvalue weighted by atomic mass is 10.0. The van der Waals surface area contributed by atoms with Crippen LogP contribution in [0, 0.1) is 5.92 Å². The van der Waals surface area contributed by atoms with Crippen LogP contribution in [0.1, 0.15) is 12.8 Å². The molecule has 3 nitrogen and oxygen atoms in total. The first kappa shape index (κ1) is 9.21. The Hall–Kier alpha value is -0.350. The quantitative estimate of drug-likeness (QED) is 0.797. The van der Waals surface area contributed by atoms with Gasteiger partial charge in [-0.1, -0.05) is 0 Å². The molecular formula is C9H13BrN2O. The van der Waals surface area contributed by atoms with Crippen molar-refractivity contribution in [3.05, 3.63) is 16.9 Å². The zero-order chi connectivity index (χ0) is 9.10. The molecule has 0 bridgehead atoms. The van der Waals surface area contributed by atoms with Crippen molar-refractivity contribution in [1.29, 1.82) is 0 Å². The van der Waals surface area contributed by atoms with Gasteiger partial charge in [0.25, 0.3) is 0 Å². The van der Waals surface area contributed by atoms with E-state index in [4.69, 9.17) is 4.74 Å². The molecule has 0 amide bonds. The van der Waals surface area contributed by atoms with Crippen LogP contribution in [-0.4, -0.2) is 23.0 Å². The highest BCUT2D eigenvalue weighted by Gasteiger charge is 2.14. The van der Waals surface area contributed by atoms with E-state index in [2.05, 4.69) is 21.0 Å². The third-order valence-electron chi connectivity index (χ3n) is 2.30. The Morgan fingerprint density at radius 2 is 2.62 bits per heavy atom. The van der Waals surface area contributed by atoms with Gasteiger partial charge in [-0.2, -0.15) is 5.10 Å². The summed E-state index contributed by atoms with van der Waals surface area (Å²) in [6.45, 7) is 2.79. The Morgan fingerprint density at radius 3 is 3.23 bits per heavy atom. The first-order chi connectivity index (χ1) is 6.34. The van der Waals surface area contributed by atoms with Crippen molar-refractivity contribution in [2.45, 2.75) is 19.4 Å². The third kappa shape index (κ3) is 2.54. The van der Waals surface area contributed by atoms with Gasteiger partial charge >= 0.3 is 0 Å². The van der Waals surface area contributed by atoms with E-state index in [1.165, 1.54) is 12.8 Å². The molecule has 1 atom stereocenters. The fourth-order valence-electron chi connectivity index (χ4n) is 1.65. The van der Waals surface area contributed by atoms with Crippen LogP contribution < -0.4 is 0 Å². The number of rotatable bonds is 2. The number of hydrogen-bond donors (Lipinski definition) is 0. The highest BCUT2D eigenvalue weighted by atomic mass is 79.9. The van der Waals surface area contributed by atoms with Crippen LogP contribution in [0.25, 0.3) is 0 Å². The van der Waals surface area contributed by atoms with Crippen LogP contribution in [0.5, 0.6) is 0 Å². The number of nitrogens with zero attached hydrogens (tertiary/aromatic N) is 2. The smallest absolute Gasteiger partial charge is 0.0632 e. The van der Waals surface area contributed by atoms with Crippen LogP contribution in [0.4, 0.5) is 0 Å². The Labute approximate surface area is 86.2 Å². The van der Waals surface area contributed by atoms with Gasteiger partial charge in [-0.15, -0.1) is 0 Å². The summed E-state index contributed by atoms with van der Waals surface area (Å²) in [5, 5.41) is 4.22.